The van der Waals surface area contributed by atoms with Crippen LogP contribution >= 0.6 is 46.3 Å². The van der Waals surface area contributed by atoms with Gasteiger partial charge in [0.2, 0.25) is 0 Å². The smallest absolute Gasteiger partial charge is 0.236 e. The van der Waals surface area contributed by atoms with E-state index in [1.165, 1.54) is 40.8 Å². The van der Waals surface area contributed by atoms with E-state index in [4.69, 9.17) is 23.2 Å². The molecule has 0 aromatic carbocycles. The maximum atomic E-state index is 12.1. The van der Waals surface area contributed by atoms with E-state index in [0.29, 0.717) is 8.68 Å². The number of hydrogen-bond donors (Lipinski definition) is 0. The Bertz CT molecular complexity index is 322. The summed E-state index contributed by atoms with van der Waals surface area (Å²) in [5.41, 5.74) is 0. The van der Waals surface area contributed by atoms with Crippen molar-refractivity contribution in [1.82, 2.24) is 4.98 Å². The molecule has 0 unspecified atom stereocenters. The lowest BCUT2D eigenvalue weighted by molar-refractivity contribution is 0.100. The molecule has 0 aliphatic heterocycles. The Kier molecular flexibility index (Phi) is 4.63. The van der Waals surface area contributed by atoms with Crippen molar-refractivity contribution in [2.24, 2.45) is 0 Å². The van der Waals surface area contributed by atoms with Crippen LogP contribution in [-0.2, 0) is 0 Å². The quantitative estimate of drug-likeness (QED) is 0.587. The maximum Gasteiger partial charge on any atom is 0.325 e. The molecule has 7 heteroatoms. The van der Waals surface area contributed by atoms with Crippen LogP contribution < -0.4 is 0 Å². The molecule has 0 atom stereocenters. The molecule has 0 aliphatic rings. The first-order valence-corrected chi connectivity index (χ1v) is 5.92. The second-order valence-corrected chi connectivity index (χ2v) is 5.61. The summed E-state index contributed by atoms with van der Waals surface area (Å²) in [6.45, 7) is 0. The van der Waals surface area contributed by atoms with Gasteiger partial charge in [0.05, 0.1) is 6.20 Å². The third kappa shape index (κ3) is 5.14. The van der Waals surface area contributed by atoms with Crippen LogP contribution in [0.4, 0.5) is 8.78 Å². The largest absolute Gasteiger partial charge is 0.325 e. The Morgan fingerprint density at radius 3 is 2.86 bits per heavy atom. The molecule has 0 saturated carbocycles. The number of rotatable bonds is 4. The Morgan fingerprint density at radius 1 is 1.64 bits per heavy atom. The van der Waals surface area contributed by atoms with Gasteiger partial charge in [-0.15, -0.1) is 0 Å². The summed E-state index contributed by atoms with van der Waals surface area (Å²) in [4.78, 5) is 3.93. The molecule has 14 heavy (non-hydrogen) atoms. The molecule has 0 saturated heterocycles. The molecule has 1 aromatic rings. The van der Waals surface area contributed by atoms with Gasteiger partial charge in [-0.1, -0.05) is 40.8 Å². The molecule has 1 rings (SSSR count). The number of allylic oxidation sites excluding steroid dienone is 1. The lowest BCUT2D eigenvalue weighted by Crippen LogP contribution is -2.01. The summed E-state index contributed by atoms with van der Waals surface area (Å²) < 4.78 is 25.5. The summed E-state index contributed by atoms with van der Waals surface area (Å²) in [7, 11) is 0. The number of halogens is 4. The minimum absolute atomic E-state index is 0.485. The van der Waals surface area contributed by atoms with Gasteiger partial charge in [-0.2, -0.15) is 8.78 Å². The van der Waals surface area contributed by atoms with Crippen LogP contribution in [0.15, 0.2) is 22.0 Å². The van der Waals surface area contributed by atoms with Crippen LogP contribution in [0.2, 0.25) is 4.34 Å². The average Bonchev–Trinajstić information content (AvgIpc) is 2.44. The minimum Gasteiger partial charge on any atom is -0.236 e. The Morgan fingerprint density at radius 2 is 2.36 bits per heavy atom. The van der Waals surface area contributed by atoms with Crippen molar-refractivity contribution in [3.63, 3.8) is 0 Å². The monoisotopic (exact) mass is 275 g/mol. The van der Waals surface area contributed by atoms with Crippen LogP contribution in [0.5, 0.6) is 0 Å². The summed E-state index contributed by atoms with van der Waals surface area (Å²) in [5, 5.41) is -1.65. The van der Waals surface area contributed by atoms with Crippen LogP contribution in [0.3, 0.4) is 0 Å². The molecule has 78 valence electrons. The van der Waals surface area contributed by atoms with Crippen LogP contribution in [-0.4, -0.2) is 10.4 Å². The molecule has 0 bridgehead atoms. The molecule has 0 N–H and O–H groups in total. The van der Waals surface area contributed by atoms with Crippen LogP contribution in [0, 0.1) is 0 Å². The Balaban J connectivity index is 2.34. The van der Waals surface area contributed by atoms with Gasteiger partial charge < -0.3 is 0 Å². The van der Waals surface area contributed by atoms with E-state index in [1.54, 1.807) is 0 Å². The van der Waals surface area contributed by atoms with Crippen molar-refractivity contribution in [1.29, 1.82) is 0 Å². The van der Waals surface area contributed by atoms with Gasteiger partial charge in [0.1, 0.15) is 4.34 Å². The van der Waals surface area contributed by atoms with Gasteiger partial charge in [-0.05, 0) is 17.0 Å². The fraction of sp³-hybridized carbons (Fsp3) is 0.286. The number of hydrogen-bond acceptors (Lipinski definition) is 3. The fourth-order valence-corrected chi connectivity index (χ4v) is 2.50. The van der Waals surface area contributed by atoms with Gasteiger partial charge in [-0.3, -0.25) is 0 Å². The first kappa shape index (κ1) is 12.2. The highest BCUT2D eigenvalue weighted by Crippen LogP contribution is 2.29. The normalized spacial score (nSPS) is 12.6. The standard InChI is InChI=1S/C7H5Cl2F2NS2/c8-5-4-12-6(14-5)13-3-1-2-7(9,10)11/h1,3-4H,2H2. The van der Waals surface area contributed by atoms with Crippen molar-refractivity contribution >= 4 is 46.3 Å². The highest BCUT2D eigenvalue weighted by atomic mass is 35.5. The summed E-state index contributed by atoms with van der Waals surface area (Å²) in [5.74, 6) is 0. The molecule has 0 radical (unpaired) electrons. The van der Waals surface area contributed by atoms with Crippen LogP contribution in [0.25, 0.3) is 0 Å². The van der Waals surface area contributed by atoms with Crippen molar-refractivity contribution in [3.8, 4) is 0 Å². The average molecular weight is 276 g/mol. The Hall–Kier alpha value is 0.160. The molecular formula is C7H5Cl2F2NS2. The summed E-state index contributed by atoms with van der Waals surface area (Å²) >= 11 is 12.8. The highest BCUT2D eigenvalue weighted by Gasteiger charge is 2.21. The first-order chi connectivity index (χ1) is 6.47. The Labute approximate surface area is 98.1 Å². The first-order valence-electron chi connectivity index (χ1n) is 3.47. The molecule has 0 aliphatic carbocycles. The molecule has 0 amide bonds. The topological polar surface area (TPSA) is 12.9 Å². The third-order valence-corrected chi connectivity index (χ3v) is 3.31. The van der Waals surface area contributed by atoms with E-state index in [-0.39, 0.29) is 0 Å². The van der Waals surface area contributed by atoms with Crippen molar-refractivity contribution in [3.05, 3.63) is 22.0 Å². The number of nitrogens with zero attached hydrogens (tertiary/aromatic N) is 1. The zero-order valence-electron chi connectivity index (χ0n) is 6.71. The number of thiazole rings is 1. The second-order valence-electron chi connectivity index (χ2n) is 2.24. The predicted octanol–water partition coefficient (Wildman–Crippen LogP) is 4.62. The minimum atomic E-state index is -3.17. The third-order valence-electron chi connectivity index (χ3n) is 1.07. The molecule has 1 nitrogen and oxygen atoms in total. The van der Waals surface area contributed by atoms with E-state index in [2.05, 4.69) is 4.98 Å². The number of thioether (sulfide) groups is 1. The van der Waals surface area contributed by atoms with Crippen molar-refractivity contribution in [2.45, 2.75) is 16.1 Å². The lowest BCUT2D eigenvalue weighted by Gasteiger charge is -2.01. The fourth-order valence-electron chi connectivity index (χ4n) is 0.582. The molecule has 1 aromatic heterocycles. The SMILES string of the molecule is FC(F)(Cl)CC=CSc1ncc(Cl)s1. The summed E-state index contributed by atoms with van der Waals surface area (Å²) in [6.07, 6.45) is 2.33. The number of aromatic nitrogens is 1. The second kappa shape index (κ2) is 5.30. The van der Waals surface area contributed by atoms with Gasteiger partial charge in [0.15, 0.2) is 4.34 Å². The lowest BCUT2D eigenvalue weighted by atomic mass is 10.4. The molecular weight excluding hydrogens is 271 g/mol. The van der Waals surface area contributed by atoms with Gasteiger partial charge in [-0.25, -0.2) is 4.98 Å². The molecule has 0 fully saturated rings. The van der Waals surface area contributed by atoms with Crippen LogP contribution in [0.1, 0.15) is 6.42 Å². The van der Waals surface area contributed by atoms with E-state index >= 15 is 0 Å². The van der Waals surface area contributed by atoms with Gasteiger partial charge >= 0.3 is 5.38 Å². The van der Waals surface area contributed by atoms with E-state index in [9.17, 15) is 8.78 Å². The molecule has 1 heterocycles. The van der Waals surface area contributed by atoms with Gasteiger partial charge in [0.25, 0.3) is 0 Å². The maximum absolute atomic E-state index is 12.1. The van der Waals surface area contributed by atoms with Crippen molar-refractivity contribution < 1.29 is 8.78 Å². The zero-order chi connectivity index (χ0) is 10.6. The zero-order valence-corrected chi connectivity index (χ0v) is 9.86. The van der Waals surface area contributed by atoms with Gasteiger partial charge in [0, 0.05) is 6.42 Å². The van der Waals surface area contributed by atoms with E-state index < -0.39 is 11.8 Å². The van der Waals surface area contributed by atoms with Crippen molar-refractivity contribution in [2.75, 3.05) is 0 Å². The van der Waals surface area contributed by atoms with E-state index in [0.717, 1.165) is 0 Å². The molecule has 0 spiro atoms. The summed E-state index contributed by atoms with van der Waals surface area (Å²) in [6, 6.07) is 0. The predicted molar refractivity (Wildman–Crippen MR) is 57.5 cm³/mol. The number of alkyl halides is 3. The van der Waals surface area contributed by atoms with E-state index in [1.807, 2.05) is 0 Å². The highest BCUT2D eigenvalue weighted by molar-refractivity contribution is 8.03.